The molecular weight excluding hydrogens is 240 g/mol. The van der Waals surface area contributed by atoms with Gasteiger partial charge in [-0.15, -0.1) is 0 Å². The van der Waals surface area contributed by atoms with E-state index in [1.807, 2.05) is 80.5 Å². The summed E-state index contributed by atoms with van der Waals surface area (Å²) in [5.41, 5.74) is 2.32. The highest BCUT2D eigenvalue weighted by Crippen LogP contribution is 2.14. The van der Waals surface area contributed by atoms with Crippen LogP contribution in [0.3, 0.4) is 0 Å². The first kappa shape index (κ1) is 31.4. The van der Waals surface area contributed by atoms with Gasteiger partial charge in [-0.25, -0.2) is 0 Å². The first-order chi connectivity index (χ1) is 9.76. The largest absolute Gasteiger partial charge is 0.0985 e. The van der Waals surface area contributed by atoms with Gasteiger partial charge in [0, 0.05) is 0 Å². The minimum atomic E-state index is 1.04. The lowest BCUT2D eigenvalue weighted by molar-refractivity contribution is 0.919. The summed E-state index contributed by atoms with van der Waals surface area (Å²) >= 11 is 0. The Balaban J connectivity index is -0.0000000799. The van der Waals surface area contributed by atoms with Crippen molar-refractivity contribution in [2.75, 3.05) is 0 Å². The maximum absolute atomic E-state index is 3.92. The van der Waals surface area contributed by atoms with E-state index >= 15 is 0 Å². The molecule has 0 heteroatoms. The Kier molecular flexibility index (Phi) is 67.5. The van der Waals surface area contributed by atoms with Gasteiger partial charge in [0.15, 0.2) is 0 Å². The molecule has 0 aliphatic rings. The first-order valence-corrected chi connectivity index (χ1v) is 8.39. The van der Waals surface area contributed by atoms with Gasteiger partial charge < -0.3 is 0 Å². The maximum Gasteiger partial charge on any atom is -0.0276 e. The summed E-state index contributed by atoms with van der Waals surface area (Å²) in [7, 11) is 0. The SMILES string of the molecule is C=CC(=C)/C(=C\C=C/C)CCC.CC.CC.CC.CC. The molecule has 0 rings (SSSR count). The molecule has 0 atom stereocenters. The topological polar surface area (TPSA) is 0 Å². The molecule has 122 valence electrons. The molecule has 0 saturated heterocycles. The Bertz CT molecular complexity index is 204. The van der Waals surface area contributed by atoms with Crippen LogP contribution in [0.15, 0.2) is 48.6 Å². The van der Waals surface area contributed by atoms with E-state index in [-0.39, 0.29) is 0 Å². The second-order valence-electron chi connectivity index (χ2n) is 2.70. The van der Waals surface area contributed by atoms with Crippen LogP contribution >= 0.6 is 0 Å². The van der Waals surface area contributed by atoms with Crippen LogP contribution in [0.25, 0.3) is 0 Å². The molecule has 0 nitrogen and oxygen atoms in total. The van der Waals surface area contributed by atoms with Crippen molar-refractivity contribution >= 4 is 0 Å². The van der Waals surface area contributed by atoms with Crippen LogP contribution in [-0.2, 0) is 0 Å². The minimum absolute atomic E-state index is 1.04. The third kappa shape index (κ3) is 30.2. The summed E-state index contributed by atoms with van der Waals surface area (Å²) in [6.45, 7) is 27.8. The standard InChI is InChI=1S/C12H18.4C2H6/c1-5-8-10-12(9-6-2)11(4)7-3;4*1-2/h5,7-8,10H,3-4,6,9H2,1-2H3;4*1-2H3/b8-5-,12-10-;;;;. The fourth-order valence-corrected chi connectivity index (χ4v) is 0.964. The second kappa shape index (κ2) is 43.0. The van der Waals surface area contributed by atoms with Crippen LogP contribution < -0.4 is 0 Å². The van der Waals surface area contributed by atoms with E-state index in [4.69, 9.17) is 0 Å². The van der Waals surface area contributed by atoms with Gasteiger partial charge in [-0.1, -0.05) is 106 Å². The smallest absolute Gasteiger partial charge is 0.0276 e. The predicted molar refractivity (Wildman–Crippen MR) is 103 cm³/mol. The number of allylic oxidation sites excluding steroid dienone is 6. The van der Waals surface area contributed by atoms with Crippen LogP contribution in [0.5, 0.6) is 0 Å². The van der Waals surface area contributed by atoms with Crippen molar-refractivity contribution in [1.82, 2.24) is 0 Å². The second-order valence-corrected chi connectivity index (χ2v) is 2.70. The zero-order chi connectivity index (χ0) is 17.4. The van der Waals surface area contributed by atoms with Gasteiger partial charge in [-0.05, 0) is 24.5 Å². The van der Waals surface area contributed by atoms with E-state index in [2.05, 4.69) is 26.2 Å². The van der Waals surface area contributed by atoms with E-state index in [0.717, 1.165) is 18.4 Å². The molecule has 0 heterocycles. The van der Waals surface area contributed by atoms with Crippen molar-refractivity contribution in [3.8, 4) is 0 Å². The van der Waals surface area contributed by atoms with Gasteiger partial charge in [0.05, 0.1) is 0 Å². The molecule has 0 unspecified atom stereocenters. The Labute approximate surface area is 131 Å². The maximum atomic E-state index is 3.92. The van der Waals surface area contributed by atoms with Crippen molar-refractivity contribution in [2.24, 2.45) is 0 Å². The zero-order valence-electron chi connectivity index (χ0n) is 16.1. The molecule has 0 aromatic rings. The van der Waals surface area contributed by atoms with Crippen LogP contribution in [0.2, 0.25) is 0 Å². The zero-order valence-corrected chi connectivity index (χ0v) is 16.1. The average Bonchev–Trinajstić information content (AvgIpc) is 2.58. The molecule has 0 aromatic carbocycles. The van der Waals surface area contributed by atoms with Crippen LogP contribution in [-0.4, -0.2) is 0 Å². The summed E-state index contributed by atoms with van der Waals surface area (Å²) in [6, 6.07) is 0. The molecule has 0 bridgehead atoms. The molecule has 0 aliphatic carbocycles. The van der Waals surface area contributed by atoms with E-state index < -0.39 is 0 Å². The molecule has 0 fully saturated rings. The Morgan fingerprint density at radius 3 is 1.55 bits per heavy atom. The summed E-state index contributed by atoms with van der Waals surface area (Å²) in [5, 5.41) is 0. The van der Waals surface area contributed by atoms with Crippen molar-refractivity contribution in [1.29, 1.82) is 0 Å². The molecule has 0 amide bonds. The molecule has 0 radical (unpaired) electrons. The Hall–Kier alpha value is -1.04. The van der Waals surface area contributed by atoms with Crippen molar-refractivity contribution in [3.63, 3.8) is 0 Å². The van der Waals surface area contributed by atoms with Gasteiger partial charge in [-0.3, -0.25) is 0 Å². The summed E-state index contributed by atoms with van der Waals surface area (Å²) < 4.78 is 0. The summed E-state index contributed by atoms with van der Waals surface area (Å²) in [4.78, 5) is 0. The summed E-state index contributed by atoms with van der Waals surface area (Å²) in [5.74, 6) is 0. The Morgan fingerprint density at radius 1 is 0.900 bits per heavy atom. The normalized spacial score (nSPS) is 8.40. The van der Waals surface area contributed by atoms with Gasteiger partial charge >= 0.3 is 0 Å². The first-order valence-electron chi connectivity index (χ1n) is 8.39. The van der Waals surface area contributed by atoms with E-state index in [9.17, 15) is 0 Å². The third-order valence-corrected chi connectivity index (χ3v) is 1.67. The summed E-state index contributed by atoms with van der Waals surface area (Å²) in [6.07, 6.45) is 10.2. The average molecular weight is 283 g/mol. The van der Waals surface area contributed by atoms with Crippen LogP contribution in [0, 0.1) is 0 Å². The molecule has 0 aromatic heterocycles. The fraction of sp³-hybridized carbons (Fsp3) is 0.600. The molecule has 0 spiro atoms. The number of hydrogen-bond acceptors (Lipinski definition) is 0. The van der Waals surface area contributed by atoms with Crippen LogP contribution in [0.1, 0.15) is 82.1 Å². The van der Waals surface area contributed by atoms with Crippen molar-refractivity contribution < 1.29 is 0 Å². The highest BCUT2D eigenvalue weighted by atomic mass is 14.0. The third-order valence-electron chi connectivity index (χ3n) is 1.67. The fourth-order valence-electron chi connectivity index (χ4n) is 0.964. The van der Waals surface area contributed by atoms with Crippen molar-refractivity contribution in [2.45, 2.75) is 82.1 Å². The monoisotopic (exact) mass is 282 g/mol. The quantitative estimate of drug-likeness (QED) is 0.446. The number of hydrogen-bond donors (Lipinski definition) is 0. The van der Waals surface area contributed by atoms with Crippen molar-refractivity contribution in [3.05, 3.63) is 48.6 Å². The predicted octanol–water partition coefficient (Wildman–Crippen LogP) is 8.14. The Morgan fingerprint density at radius 2 is 1.30 bits per heavy atom. The van der Waals surface area contributed by atoms with Gasteiger partial charge in [-0.2, -0.15) is 0 Å². The highest BCUT2D eigenvalue weighted by molar-refractivity contribution is 5.38. The van der Waals surface area contributed by atoms with E-state index in [0.29, 0.717) is 0 Å². The number of rotatable bonds is 5. The molecular formula is C20H42. The lowest BCUT2D eigenvalue weighted by Gasteiger charge is -2.03. The molecule has 20 heavy (non-hydrogen) atoms. The lowest BCUT2D eigenvalue weighted by atomic mass is 10.0. The van der Waals surface area contributed by atoms with Gasteiger partial charge in [0.25, 0.3) is 0 Å². The molecule has 0 saturated carbocycles. The van der Waals surface area contributed by atoms with E-state index in [1.54, 1.807) is 0 Å². The molecule has 0 aliphatic heterocycles. The van der Waals surface area contributed by atoms with Crippen LogP contribution in [0.4, 0.5) is 0 Å². The van der Waals surface area contributed by atoms with Gasteiger partial charge in [0.1, 0.15) is 0 Å². The lowest BCUT2D eigenvalue weighted by Crippen LogP contribution is -1.83. The highest BCUT2D eigenvalue weighted by Gasteiger charge is 1.95. The van der Waals surface area contributed by atoms with E-state index in [1.165, 1.54) is 5.57 Å². The van der Waals surface area contributed by atoms with Gasteiger partial charge in [0.2, 0.25) is 0 Å². The molecule has 0 N–H and O–H groups in total. The minimum Gasteiger partial charge on any atom is -0.0985 e.